The van der Waals surface area contributed by atoms with E-state index >= 15 is 0 Å². The number of carboxylic acids is 1. The molecule has 5 nitrogen and oxygen atoms in total. The third kappa shape index (κ3) is 4.59. The van der Waals surface area contributed by atoms with Gasteiger partial charge in [-0.05, 0) is 18.4 Å². The van der Waals surface area contributed by atoms with Gasteiger partial charge in [-0.1, -0.05) is 30.3 Å². The van der Waals surface area contributed by atoms with Gasteiger partial charge in [-0.15, -0.1) is 0 Å². The number of carbonyl (C=O) groups is 1. The van der Waals surface area contributed by atoms with E-state index in [4.69, 9.17) is 9.84 Å². The van der Waals surface area contributed by atoms with Gasteiger partial charge in [0, 0.05) is 19.6 Å². The second-order valence-corrected chi connectivity index (χ2v) is 5.13. The van der Waals surface area contributed by atoms with Gasteiger partial charge >= 0.3 is 5.97 Å². The van der Waals surface area contributed by atoms with E-state index in [1.807, 2.05) is 30.3 Å². The number of ether oxygens (including phenoxy) is 1. The molecule has 5 heteroatoms. The number of β-amino-alcohol motifs (C(OH)–C–C–N with tert-alkyl or cyclic N) is 1. The summed E-state index contributed by atoms with van der Waals surface area (Å²) in [5.74, 6) is -0.924. The summed E-state index contributed by atoms with van der Waals surface area (Å²) in [5, 5.41) is 18.7. The van der Waals surface area contributed by atoms with Crippen molar-refractivity contribution in [2.45, 2.75) is 25.0 Å². The number of piperidine rings is 1. The zero-order valence-electron chi connectivity index (χ0n) is 11.4. The molecule has 2 rings (SSSR count). The molecule has 0 radical (unpaired) electrons. The smallest absolute Gasteiger partial charge is 0.329 e. The number of hydrogen-bond acceptors (Lipinski definition) is 4. The van der Waals surface area contributed by atoms with Crippen molar-refractivity contribution in [3.8, 4) is 0 Å². The van der Waals surface area contributed by atoms with E-state index in [1.54, 1.807) is 0 Å². The maximum Gasteiger partial charge on any atom is 0.329 e. The molecule has 1 aromatic carbocycles. The van der Waals surface area contributed by atoms with Crippen LogP contribution < -0.4 is 0 Å². The number of aliphatic hydroxyl groups is 1. The van der Waals surface area contributed by atoms with Crippen molar-refractivity contribution in [1.82, 2.24) is 4.90 Å². The lowest BCUT2D eigenvalue weighted by Crippen LogP contribution is -2.39. The van der Waals surface area contributed by atoms with Crippen molar-refractivity contribution in [1.29, 1.82) is 0 Å². The van der Waals surface area contributed by atoms with Crippen LogP contribution in [-0.2, 0) is 9.53 Å². The van der Waals surface area contributed by atoms with Crippen molar-refractivity contribution in [2.75, 3.05) is 26.2 Å². The molecule has 1 atom stereocenters. The first-order valence-electron chi connectivity index (χ1n) is 6.94. The Hall–Kier alpha value is -1.43. The molecule has 1 aromatic rings. The van der Waals surface area contributed by atoms with Crippen molar-refractivity contribution in [3.63, 3.8) is 0 Å². The predicted octanol–water partition coefficient (Wildman–Crippen LogP) is 1.29. The van der Waals surface area contributed by atoms with Gasteiger partial charge in [0.1, 0.15) is 6.61 Å². The van der Waals surface area contributed by atoms with Crippen LogP contribution in [0.5, 0.6) is 0 Å². The zero-order chi connectivity index (χ0) is 14.4. The lowest BCUT2D eigenvalue weighted by atomic mass is 10.1. The molecule has 1 heterocycles. The van der Waals surface area contributed by atoms with E-state index in [-0.39, 0.29) is 12.7 Å². The molecule has 0 spiro atoms. The lowest BCUT2D eigenvalue weighted by Gasteiger charge is -2.32. The van der Waals surface area contributed by atoms with Crippen molar-refractivity contribution in [3.05, 3.63) is 35.9 Å². The predicted molar refractivity (Wildman–Crippen MR) is 74.5 cm³/mol. The van der Waals surface area contributed by atoms with Crippen LogP contribution >= 0.6 is 0 Å². The van der Waals surface area contributed by atoms with E-state index in [0.717, 1.165) is 31.5 Å². The van der Waals surface area contributed by atoms with Crippen LogP contribution in [0.3, 0.4) is 0 Å². The van der Waals surface area contributed by atoms with Gasteiger partial charge in [-0.25, -0.2) is 4.79 Å². The highest BCUT2D eigenvalue weighted by atomic mass is 16.5. The summed E-state index contributed by atoms with van der Waals surface area (Å²) in [6, 6.07) is 9.62. The first-order chi connectivity index (χ1) is 9.65. The van der Waals surface area contributed by atoms with Crippen LogP contribution in [0.2, 0.25) is 0 Å². The summed E-state index contributed by atoms with van der Waals surface area (Å²) in [5.41, 5.74) is 0.928. The summed E-state index contributed by atoms with van der Waals surface area (Å²) in [6.07, 6.45) is 1.17. The van der Waals surface area contributed by atoms with Crippen molar-refractivity contribution >= 4 is 5.97 Å². The topological polar surface area (TPSA) is 70.0 Å². The molecule has 1 fully saturated rings. The minimum Gasteiger partial charge on any atom is -0.480 e. The highest BCUT2D eigenvalue weighted by molar-refractivity contribution is 5.68. The SMILES string of the molecule is O=C(O)COC1CCN(CC(O)c2ccccc2)CC1. The molecular formula is C15H21NO4. The number of likely N-dealkylation sites (tertiary alicyclic amines) is 1. The first-order valence-corrected chi connectivity index (χ1v) is 6.94. The number of aliphatic carboxylic acids is 1. The molecule has 0 aliphatic carbocycles. The normalized spacial score (nSPS) is 18.9. The Morgan fingerprint density at radius 1 is 1.30 bits per heavy atom. The molecule has 2 N–H and O–H groups in total. The minimum absolute atomic E-state index is 0.0243. The quantitative estimate of drug-likeness (QED) is 0.821. The maximum absolute atomic E-state index is 10.4. The number of aliphatic hydroxyl groups excluding tert-OH is 1. The van der Waals surface area contributed by atoms with E-state index in [2.05, 4.69) is 4.90 Å². The third-order valence-electron chi connectivity index (χ3n) is 3.59. The molecule has 0 saturated carbocycles. The Labute approximate surface area is 118 Å². The molecule has 1 aliphatic rings. The van der Waals surface area contributed by atoms with Gasteiger partial charge in [0.15, 0.2) is 0 Å². The number of carboxylic acid groups (broad SMARTS) is 1. The van der Waals surface area contributed by atoms with Crippen LogP contribution in [0, 0.1) is 0 Å². The van der Waals surface area contributed by atoms with Crippen molar-refractivity contribution < 1.29 is 19.7 Å². The van der Waals surface area contributed by atoms with Gasteiger partial charge in [0.2, 0.25) is 0 Å². The molecule has 1 unspecified atom stereocenters. The van der Waals surface area contributed by atoms with Gasteiger partial charge in [-0.2, -0.15) is 0 Å². The summed E-state index contributed by atoms with van der Waals surface area (Å²) in [6.45, 7) is 2.04. The number of nitrogens with zero attached hydrogens (tertiary/aromatic N) is 1. The molecule has 1 saturated heterocycles. The van der Waals surface area contributed by atoms with E-state index < -0.39 is 12.1 Å². The van der Waals surface area contributed by atoms with E-state index in [1.165, 1.54) is 0 Å². The molecule has 110 valence electrons. The van der Waals surface area contributed by atoms with Crippen LogP contribution in [-0.4, -0.2) is 53.4 Å². The molecule has 1 aliphatic heterocycles. The lowest BCUT2D eigenvalue weighted by molar-refractivity contribution is -0.145. The molecule has 0 bridgehead atoms. The van der Waals surface area contributed by atoms with Crippen LogP contribution in [0.15, 0.2) is 30.3 Å². The molecular weight excluding hydrogens is 258 g/mol. The van der Waals surface area contributed by atoms with E-state index in [0.29, 0.717) is 6.54 Å². The Morgan fingerprint density at radius 3 is 2.55 bits per heavy atom. The Bertz CT molecular complexity index is 415. The monoisotopic (exact) mass is 279 g/mol. The number of benzene rings is 1. The Balaban J connectivity index is 1.73. The third-order valence-corrected chi connectivity index (χ3v) is 3.59. The fourth-order valence-corrected chi connectivity index (χ4v) is 2.47. The standard InChI is InChI=1S/C15H21NO4/c17-14(12-4-2-1-3-5-12)10-16-8-6-13(7-9-16)20-11-15(18)19/h1-5,13-14,17H,6-11H2,(H,18,19). The summed E-state index contributed by atoms with van der Waals surface area (Å²) >= 11 is 0. The number of hydrogen-bond donors (Lipinski definition) is 2. The Morgan fingerprint density at radius 2 is 1.95 bits per heavy atom. The average molecular weight is 279 g/mol. The summed E-state index contributed by atoms with van der Waals surface area (Å²) < 4.78 is 5.29. The summed E-state index contributed by atoms with van der Waals surface area (Å²) in [4.78, 5) is 12.6. The fourth-order valence-electron chi connectivity index (χ4n) is 2.47. The van der Waals surface area contributed by atoms with Gasteiger partial charge in [-0.3, -0.25) is 0 Å². The zero-order valence-corrected chi connectivity index (χ0v) is 11.4. The molecule has 0 amide bonds. The van der Waals surface area contributed by atoms with Gasteiger partial charge in [0.05, 0.1) is 12.2 Å². The molecule has 20 heavy (non-hydrogen) atoms. The Kier molecular flexibility index (Phi) is 5.52. The second kappa shape index (κ2) is 7.38. The van der Waals surface area contributed by atoms with Crippen LogP contribution in [0.1, 0.15) is 24.5 Å². The average Bonchev–Trinajstić information content (AvgIpc) is 2.47. The van der Waals surface area contributed by atoms with Gasteiger partial charge in [0.25, 0.3) is 0 Å². The van der Waals surface area contributed by atoms with Crippen LogP contribution in [0.4, 0.5) is 0 Å². The number of rotatable bonds is 6. The van der Waals surface area contributed by atoms with E-state index in [9.17, 15) is 9.90 Å². The van der Waals surface area contributed by atoms with Crippen LogP contribution in [0.25, 0.3) is 0 Å². The maximum atomic E-state index is 10.4. The molecule has 0 aromatic heterocycles. The second-order valence-electron chi connectivity index (χ2n) is 5.13. The largest absolute Gasteiger partial charge is 0.480 e. The highest BCUT2D eigenvalue weighted by Crippen LogP contribution is 2.18. The fraction of sp³-hybridized carbons (Fsp3) is 0.533. The first kappa shape index (κ1) is 15.0. The highest BCUT2D eigenvalue weighted by Gasteiger charge is 2.22. The summed E-state index contributed by atoms with van der Waals surface area (Å²) in [7, 11) is 0. The van der Waals surface area contributed by atoms with Gasteiger partial charge < -0.3 is 19.8 Å². The van der Waals surface area contributed by atoms with Crippen molar-refractivity contribution in [2.24, 2.45) is 0 Å². The minimum atomic E-state index is -0.924.